The summed E-state index contributed by atoms with van der Waals surface area (Å²) < 4.78 is 28.5. The van der Waals surface area contributed by atoms with Gasteiger partial charge in [0.05, 0.1) is 19.6 Å². The van der Waals surface area contributed by atoms with Crippen molar-refractivity contribution in [2.45, 2.75) is 16.2 Å². The van der Waals surface area contributed by atoms with Gasteiger partial charge in [-0.3, -0.25) is 0 Å². The van der Waals surface area contributed by atoms with Gasteiger partial charge in [0.2, 0.25) is 9.79 Å². The highest BCUT2D eigenvalue weighted by Gasteiger charge is 2.27. The second-order valence-electron chi connectivity index (χ2n) is 3.33. The molecule has 0 heterocycles. The Labute approximate surface area is 107 Å². The van der Waals surface area contributed by atoms with Gasteiger partial charge < -0.3 is 13.8 Å². The largest absolute Gasteiger partial charge is 0.612 e. The quantitative estimate of drug-likeness (QED) is 0.772. The van der Waals surface area contributed by atoms with Crippen LogP contribution in [-0.2, 0) is 28.8 Å². The molecule has 0 fully saturated rings. The van der Waals surface area contributed by atoms with Crippen LogP contribution in [0.25, 0.3) is 0 Å². The van der Waals surface area contributed by atoms with E-state index in [1.807, 2.05) is 6.07 Å². The Morgan fingerprint density at radius 3 is 2.35 bits per heavy atom. The van der Waals surface area contributed by atoms with Crippen molar-refractivity contribution in [3.05, 3.63) is 17.7 Å². The molecule has 0 aliphatic carbocycles. The summed E-state index contributed by atoms with van der Waals surface area (Å²) in [6, 6.07) is 5.35. The summed E-state index contributed by atoms with van der Waals surface area (Å²) in [5, 5.41) is 8.71. The second kappa shape index (κ2) is 6.17. The summed E-state index contributed by atoms with van der Waals surface area (Å²) >= 11 is -2.55. The van der Waals surface area contributed by atoms with Crippen LogP contribution in [0.3, 0.4) is 0 Å². The van der Waals surface area contributed by atoms with Crippen molar-refractivity contribution in [1.82, 2.24) is 0 Å². The average molecular weight is 271 g/mol. The molecule has 0 aliphatic heterocycles. The van der Waals surface area contributed by atoms with E-state index in [2.05, 4.69) is 0 Å². The van der Waals surface area contributed by atoms with Crippen molar-refractivity contribution in [3.63, 3.8) is 0 Å². The first-order chi connectivity index (χ1) is 8.02. The normalized spacial score (nSPS) is 13.9. The average Bonchev–Trinajstić information content (AvgIpc) is 2.28. The predicted octanol–water partition coefficient (Wildman–Crippen LogP) is 1.24. The number of hydrogen-bond acceptors (Lipinski definition) is 4. The van der Waals surface area contributed by atoms with Crippen LogP contribution in [-0.4, -0.2) is 28.7 Å². The number of rotatable bonds is 4. The number of benzene rings is 1. The van der Waals surface area contributed by atoms with E-state index in [9.17, 15) is 9.11 Å². The Morgan fingerprint density at radius 1 is 1.29 bits per heavy atom. The maximum atomic E-state index is 11.7. The first kappa shape index (κ1) is 14.2. The van der Waals surface area contributed by atoms with Gasteiger partial charge in [-0.05, 0) is 34.5 Å². The number of methoxy groups -OCH3 is 1. The zero-order valence-corrected chi connectivity index (χ0v) is 11.5. The lowest BCUT2D eigenvalue weighted by Crippen LogP contribution is -2.11. The molecular weight excluding hydrogens is 258 g/mol. The number of nitrogens with zero attached hydrogens (tertiary/aromatic N) is 1. The Bertz CT molecular complexity index is 441. The molecule has 0 radical (unpaired) electrons. The van der Waals surface area contributed by atoms with Gasteiger partial charge in [-0.2, -0.15) is 5.26 Å². The maximum absolute atomic E-state index is 11.7. The fourth-order valence-electron chi connectivity index (χ4n) is 1.53. The molecule has 1 aromatic carbocycles. The Morgan fingerprint density at radius 2 is 1.94 bits per heavy atom. The third-order valence-electron chi connectivity index (χ3n) is 2.23. The Kier molecular flexibility index (Phi) is 5.15. The molecule has 2 unspecified atom stereocenters. The van der Waals surface area contributed by atoms with Crippen molar-refractivity contribution < 1.29 is 13.8 Å². The van der Waals surface area contributed by atoms with Gasteiger partial charge >= 0.3 is 0 Å². The third kappa shape index (κ3) is 3.07. The number of ether oxygens (including phenoxy) is 1. The van der Waals surface area contributed by atoms with Gasteiger partial charge in [0.25, 0.3) is 0 Å². The number of nitriles is 1. The standard InChI is InChI=1S/C11H13NO3S2/c1-15-10-8(6-7-12)4-5-9(16(2)13)11(10)17(3)14/h4-5H,6H2,1-3H3. The van der Waals surface area contributed by atoms with E-state index in [0.29, 0.717) is 21.1 Å². The molecule has 2 atom stereocenters. The van der Waals surface area contributed by atoms with E-state index >= 15 is 0 Å². The Hall–Kier alpha value is -0.870. The highest BCUT2D eigenvalue weighted by Crippen LogP contribution is 2.34. The molecule has 6 heteroatoms. The van der Waals surface area contributed by atoms with Gasteiger partial charge in [0.1, 0.15) is 12.5 Å². The number of hydrogen-bond donors (Lipinski definition) is 0. The molecule has 0 spiro atoms. The van der Waals surface area contributed by atoms with Gasteiger partial charge in [0.15, 0.2) is 5.75 Å². The van der Waals surface area contributed by atoms with Gasteiger partial charge in [0, 0.05) is 5.56 Å². The van der Waals surface area contributed by atoms with E-state index in [4.69, 9.17) is 10.00 Å². The molecule has 0 amide bonds. The zero-order chi connectivity index (χ0) is 13.0. The predicted molar refractivity (Wildman–Crippen MR) is 67.0 cm³/mol. The monoisotopic (exact) mass is 271 g/mol. The molecule has 0 saturated heterocycles. The topological polar surface area (TPSA) is 79.1 Å². The summed E-state index contributed by atoms with van der Waals surface area (Å²) in [6.07, 6.45) is 3.20. The van der Waals surface area contributed by atoms with Gasteiger partial charge in [-0.1, -0.05) is 0 Å². The van der Waals surface area contributed by atoms with Crippen LogP contribution >= 0.6 is 0 Å². The summed E-state index contributed by atoms with van der Waals surface area (Å²) in [5.41, 5.74) is 0.661. The molecule has 0 bridgehead atoms. The van der Waals surface area contributed by atoms with E-state index < -0.39 is 22.4 Å². The first-order valence-electron chi connectivity index (χ1n) is 4.76. The minimum atomic E-state index is -1.31. The second-order valence-corrected chi connectivity index (χ2v) is 5.99. The fraction of sp³-hybridized carbons (Fsp3) is 0.364. The molecule has 0 aromatic heterocycles. The van der Waals surface area contributed by atoms with E-state index in [0.717, 1.165) is 0 Å². The SMILES string of the molecule is COc1c(CC#N)ccc([S+](C)[O-])c1[S+](C)[O-]. The summed E-state index contributed by atoms with van der Waals surface area (Å²) in [6.45, 7) is 0. The molecular formula is C11H13NO3S2. The van der Waals surface area contributed by atoms with Crippen molar-refractivity contribution in [3.8, 4) is 11.8 Å². The van der Waals surface area contributed by atoms with Crippen molar-refractivity contribution in [1.29, 1.82) is 5.26 Å². The van der Waals surface area contributed by atoms with Crippen LogP contribution in [0.4, 0.5) is 0 Å². The molecule has 1 rings (SSSR count). The van der Waals surface area contributed by atoms with Crippen molar-refractivity contribution >= 4 is 22.4 Å². The van der Waals surface area contributed by atoms with Crippen LogP contribution in [0, 0.1) is 11.3 Å². The van der Waals surface area contributed by atoms with E-state index in [-0.39, 0.29) is 6.42 Å². The molecule has 0 aliphatic rings. The molecule has 17 heavy (non-hydrogen) atoms. The lowest BCUT2D eigenvalue weighted by atomic mass is 10.1. The lowest BCUT2D eigenvalue weighted by Gasteiger charge is -2.16. The lowest BCUT2D eigenvalue weighted by molar-refractivity contribution is 0.395. The van der Waals surface area contributed by atoms with Crippen LogP contribution in [0.2, 0.25) is 0 Å². The fourth-order valence-corrected chi connectivity index (χ4v) is 3.68. The maximum Gasteiger partial charge on any atom is 0.249 e. The Balaban J connectivity index is 3.45. The third-order valence-corrected chi connectivity index (χ3v) is 4.30. The highest BCUT2D eigenvalue weighted by molar-refractivity contribution is 7.93. The van der Waals surface area contributed by atoms with Gasteiger partial charge in [-0.15, -0.1) is 0 Å². The molecule has 0 N–H and O–H groups in total. The molecule has 92 valence electrons. The molecule has 4 nitrogen and oxygen atoms in total. The van der Waals surface area contributed by atoms with E-state index in [1.54, 1.807) is 12.1 Å². The van der Waals surface area contributed by atoms with E-state index in [1.165, 1.54) is 19.6 Å². The molecule has 1 aromatic rings. The van der Waals surface area contributed by atoms with Crippen LogP contribution in [0.5, 0.6) is 5.75 Å². The molecule has 0 saturated carbocycles. The first-order valence-corrected chi connectivity index (χ1v) is 7.88. The summed E-state index contributed by atoms with van der Waals surface area (Å²) in [5.74, 6) is 0.403. The minimum Gasteiger partial charge on any atom is -0.612 e. The van der Waals surface area contributed by atoms with Crippen molar-refractivity contribution in [2.75, 3.05) is 19.6 Å². The van der Waals surface area contributed by atoms with Crippen LogP contribution in [0.15, 0.2) is 21.9 Å². The van der Waals surface area contributed by atoms with Gasteiger partial charge in [-0.25, -0.2) is 0 Å². The van der Waals surface area contributed by atoms with Crippen molar-refractivity contribution in [2.24, 2.45) is 0 Å². The minimum absolute atomic E-state index is 0.171. The summed E-state index contributed by atoms with van der Waals surface area (Å²) in [4.78, 5) is 0.908. The highest BCUT2D eigenvalue weighted by atomic mass is 32.2. The van der Waals surface area contributed by atoms with Crippen LogP contribution in [0.1, 0.15) is 5.56 Å². The summed E-state index contributed by atoms with van der Waals surface area (Å²) in [7, 11) is 1.45. The zero-order valence-electron chi connectivity index (χ0n) is 9.85. The van der Waals surface area contributed by atoms with Crippen LogP contribution < -0.4 is 4.74 Å². The smallest absolute Gasteiger partial charge is 0.249 e.